The molecule has 0 radical (unpaired) electrons. The summed E-state index contributed by atoms with van der Waals surface area (Å²) >= 11 is 0. The maximum absolute atomic E-state index is 12.4. The molecule has 1 aliphatic carbocycles. The summed E-state index contributed by atoms with van der Waals surface area (Å²) in [6, 6.07) is 7.21. The van der Waals surface area contributed by atoms with E-state index in [0.29, 0.717) is 11.4 Å². The number of anilines is 1. The van der Waals surface area contributed by atoms with Crippen molar-refractivity contribution in [3.05, 3.63) is 24.3 Å². The number of hydrogen-bond acceptors (Lipinski definition) is 3. The topological polar surface area (TPSA) is 49.4 Å². The molecule has 18 heavy (non-hydrogen) atoms. The van der Waals surface area contributed by atoms with E-state index in [2.05, 4.69) is 5.32 Å². The SMILES string of the molecule is CCNc1ccc(S(=O)(=O)N(CC)C2CC2)cc1. The van der Waals surface area contributed by atoms with Crippen molar-refractivity contribution >= 4 is 15.7 Å². The van der Waals surface area contributed by atoms with Gasteiger partial charge in [-0.1, -0.05) is 6.92 Å². The molecule has 1 aromatic carbocycles. The molecule has 1 fully saturated rings. The minimum Gasteiger partial charge on any atom is -0.385 e. The highest BCUT2D eigenvalue weighted by Gasteiger charge is 2.36. The number of benzene rings is 1. The van der Waals surface area contributed by atoms with E-state index in [9.17, 15) is 8.42 Å². The first-order valence-corrected chi connectivity index (χ1v) is 7.89. The summed E-state index contributed by atoms with van der Waals surface area (Å²) in [5.41, 5.74) is 0.950. The van der Waals surface area contributed by atoms with Crippen molar-refractivity contribution in [2.45, 2.75) is 37.6 Å². The van der Waals surface area contributed by atoms with Crippen LogP contribution in [-0.2, 0) is 10.0 Å². The van der Waals surface area contributed by atoms with E-state index >= 15 is 0 Å². The normalized spacial score (nSPS) is 15.9. The zero-order valence-electron chi connectivity index (χ0n) is 10.9. The first-order valence-electron chi connectivity index (χ1n) is 6.45. The van der Waals surface area contributed by atoms with Gasteiger partial charge in [-0.25, -0.2) is 8.42 Å². The van der Waals surface area contributed by atoms with E-state index in [-0.39, 0.29) is 6.04 Å². The third-order valence-electron chi connectivity index (χ3n) is 3.11. The van der Waals surface area contributed by atoms with Crippen LogP contribution in [0.2, 0.25) is 0 Å². The molecule has 0 aromatic heterocycles. The van der Waals surface area contributed by atoms with Crippen LogP contribution in [0.5, 0.6) is 0 Å². The lowest BCUT2D eigenvalue weighted by atomic mass is 10.3. The Hall–Kier alpha value is -1.07. The van der Waals surface area contributed by atoms with Gasteiger partial charge in [0.05, 0.1) is 4.90 Å². The van der Waals surface area contributed by atoms with Crippen LogP contribution in [0, 0.1) is 0 Å². The average Bonchev–Trinajstić information content (AvgIpc) is 3.15. The van der Waals surface area contributed by atoms with Gasteiger partial charge < -0.3 is 5.32 Å². The third-order valence-corrected chi connectivity index (χ3v) is 5.15. The van der Waals surface area contributed by atoms with Crippen LogP contribution in [0.3, 0.4) is 0 Å². The lowest BCUT2D eigenvalue weighted by molar-refractivity contribution is 0.421. The van der Waals surface area contributed by atoms with Crippen molar-refractivity contribution in [1.29, 1.82) is 0 Å². The van der Waals surface area contributed by atoms with Gasteiger partial charge >= 0.3 is 0 Å². The fourth-order valence-electron chi connectivity index (χ4n) is 2.07. The van der Waals surface area contributed by atoms with E-state index in [1.165, 1.54) is 0 Å². The van der Waals surface area contributed by atoms with E-state index in [1.807, 2.05) is 26.0 Å². The van der Waals surface area contributed by atoms with Gasteiger partial charge in [-0.15, -0.1) is 0 Å². The van der Waals surface area contributed by atoms with E-state index in [1.54, 1.807) is 16.4 Å². The lowest BCUT2D eigenvalue weighted by Crippen LogP contribution is -2.32. The molecular formula is C13H20N2O2S. The summed E-state index contributed by atoms with van der Waals surface area (Å²) in [6.07, 6.45) is 1.98. The largest absolute Gasteiger partial charge is 0.385 e. The molecule has 2 rings (SSSR count). The maximum atomic E-state index is 12.4. The Labute approximate surface area is 109 Å². The standard InChI is InChI=1S/C13H20N2O2S/c1-3-14-11-5-9-13(10-6-11)18(16,17)15(4-2)12-7-8-12/h5-6,9-10,12,14H,3-4,7-8H2,1-2H3. The Morgan fingerprint density at radius 2 is 1.83 bits per heavy atom. The Kier molecular flexibility index (Phi) is 3.92. The lowest BCUT2D eigenvalue weighted by Gasteiger charge is -2.20. The number of nitrogens with zero attached hydrogens (tertiary/aromatic N) is 1. The van der Waals surface area contributed by atoms with Gasteiger partial charge in [-0.3, -0.25) is 0 Å². The van der Waals surface area contributed by atoms with Gasteiger partial charge in [0.15, 0.2) is 0 Å². The van der Waals surface area contributed by atoms with E-state index in [0.717, 1.165) is 25.1 Å². The van der Waals surface area contributed by atoms with Crippen LogP contribution < -0.4 is 5.32 Å². The van der Waals surface area contributed by atoms with Crippen LogP contribution in [0.1, 0.15) is 26.7 Å². The molecule has 100 valence electrons. The van der Waals surface area contributed by atoms with Crippen molar-refractivity contribution in [2.75, 3.05) is 18.4 Å². The van der Waals surface area contributed by atoms with Crippen molar-refractivity contribution < 1.29 is 8.42 Å². The number of nitrogens with one attached hydrogen (secondary N) is 1. The highest BCUT2D eigenvalue weighted by molar-refractivity contribution is 7.89. The highest BCUT2D eigenvalue weighted by Crippen LogP contribution is 2.31. The van der Waals surface area contributed by atoms with Crippen LogP contribution in [0.15, 0.2) is 29.2 Å². The van der Waals surface area contributed by atoms with Gasteiger partial charge in [0, 0.05) is 24.8 Å². The number of hydrogen-bond donors (Lipinski definition) is 1. The fourth-order valence-corrected chi connectivity index (χ4v) is 3.77. The summed E-state index contributed by atoms with van der Waals surface area (Å²) in [4.78, 5) is 0.387. The second-order valence-electron chi connectivity index (χ2n) is 4.49. The predicted molar refractivity (Wildman–Crippen MR) is 73.2 cm³/mol. The highest BCUT2D eigenvalue weighted by atomic mass is 32.2. The molecular weight excluding hydrogens is 248 g/mol. The average molecular weight is 268 g/mol. The Morgan fingerprint density at radius 1 is 1.22 bits per heavy atom. The Bertz CT molecular complexity index is 492. The molecule has 1 N–H and O–H groups in total. The predicted octanol–water partition coefficient (Wildman–Crippen LogP) is 2.29. The molecule has 0 unspecified atom stereocenters. The molecule has 1 saturated carbocycles. The van der Waals surface area contributed by atoms with Gasteiger partial charge in [-0.05, 0) is 44.0 Å². The van der Waals surface area contributed by atoms with Crippen molar-refractivity contribution in [1.82, 2.24) is 4.31 Å². The third kappa shape index (κ3) is 2.67. The van der Waals surface area contributed by atoms with Crippen LogP contribution in [-0.4, -0.2) is 31.9 Å². The van der Waals surface area contributed by atoms with E-state index < -0.39 is 10.0 Å². The summed E-state index contributed by atoms with van der Waals surface area (Å²) in [5.74, 6) is 0. The van der Waals surface area contributed by atoms with Gasteiger partial charge in [0.2, 0.25) is 10.0 Å². The molecule has 0 heterocycles. The van der Waals surface area contributed by atoms with Crippen LogP contribution in [0.4, 0.5) is 5.69 Å². The first kappa shape index (κ1) is 13.4. The van der Waals surface area contributed by atoms with Crippen LogP contribution >= 0.6 is 0 Å². The molecule has 1 aromatic rings. The molecule has 0 spiro atoms. The van der Waals surface area contributed by atoms with Crippen molar-refractivity contribution in [3.8, 4) is 0 Å². The minimum absolute atomic E-state index is 0.216. The summed E-state index contributed by atoms with van der Waals surface area (Å²) in [7, 11) is -3.31. The molecule has 0 bridgehead atoms. The first-order chi connectivity index (χ1) is 8.59. The summed E-state index contributed by atoms with van der Waals surface area (Å²) in [5, 5.41) is 3.16. The zero-order chi connectivity index (χ0) is 13.2. The second-order valence-corrected chi connectivity index (χ2v) is 6.38. The van der Waals surface area contributed by atoms with Gasteiger partial charge in [0.1, 0.15) is 0 Å². The summed E-state index contributed by atoms with van der Waals surface area (Å²) in [6.45, 7) is 5.27. The Morgan fingerprint density at radius 3 is 2.28 bits per heavy atom. The number of sulfonamides is 1. The van der Waals surface area contributed by atoms with Crippen molar-refractivity contribution in [2.24, 2.45) is 0 Å². The molecule has 0 aliphatic heterocycles. The maximum Gasteiger partial charge on any atom is 0.243 e. The van der Waals surface area contributed by atoms with Gasteiger partial charge in [-0.2, -0.15) is 4.31 Å². The molecule has 4 nitrogen and oxygen atoms in total. The smallest absolute Gasteiger partial charge is 0.243 e. The molecule has 0 amide bonds. The van der Waals surface area contributed by atoms with Gasteiger partial charge in [0.25, 0.3) is 0 Å². The molecule has 0 saturated heterocycles. The molecule has 0 atom stereocenters. The molecule has 5 heteroatoms. The zero-order valence-corrected chi connectivity index (χ0v) is 11.7. The monoisotopic (exact) mass is 268 g/mol. The van der Waals surface area contributed by atoms with Crippen LogP contribution in [0.25, 0.3) is 0 Å². The number of rotatable bonds is 6. The second kappa shape index (κ2) is 5.28. The molecule has 1 aliphatic rings. The fraction of sp³-hybridized carbons (Fsp3) is 0.538. The Balaban J connectivity index is 2.23. The quantitative estimate of drug-likeness (QED) is 0.861. The van der Waals surface area contributed by atoms with E-state index in [4.69, 9.17) is 0 Å². The summed E-state index contributed by atoms with van der Waals surface area (Å²) < 4.78 is 26.4. The minimum atomic E-state index is -3.31. The van der Waals surface area contributed by atoms with Crippen molar-refractivity contribution in [3.63, 3.8) is 0 Å².